The number of rotatable bonds is 8. The monoisotopic (exact) mass is 387 g/mol. The normalized spacial score (nSPS) is 13.1. The second kappa shape index (κ2) is 10.1. The van der Waals surface area contributed by atoms with E-state index in [1.165, 1.54) is 5.56 Å². The van der Waals surface area contributed by atoms with Crippen LogP contribution in [-0.2, 0) is 11.2 Å². The van der Waals surface area contributed by atoms with Crippen molar-refractivity contribution in [2.75, 3.05) is 20.6 Å². The Hall–Kier alpha value is -2.37. The summed E-state index contributed by atoms with van der Waals surface area (Å²) in [5.41, 5.74) is 1.57. The van der Waals surface area contributed by atoms with Gasteiger partial charge in [-0.25, -0.2) is 0 Å². The highest BCUT2D eigenvalue weighted by molar-refractivity contribution is 6.33. The highest BCUT2D eigenvalue weighted by Gasteiger charge is 2.20. The fourth-order valence-electron chi connectivity index (χ4n) is 2.68. The van der Waals surface area contributed by atoms with Crippen molar-refractivity contribution in [2.24, 2.45) is 0 Å². The number of nitrogens with zero attached hydrogens (tertiary/aromatic N) is 1. The van der Waals surface area contributed by atoms with Gasteiger partial charge in [-0.3, -0.25) is 9.59 Å². The van der Waals surface area contributed by atoms with Crippen LogP contribution in [0.2, 0.25) is 5.02 Å². The predicted octanol–water partition coefficient (Wildman–Crippen LogP) is 2.75. The van der Waals surface area contributed by atoms with E-state index in [4.69, 9.17) is 11.6 Å². The second-order valence-corrected chi connectivity index (χ2v) is 7.13. The van der Waals surface area contributed by atoms with E-state index in [-0.39, 0.29) is 17.9 Å². The molecule has 2 unspecified atom stereocenters. The molecule has 0 heterocycles. The Kier molecular flexibility index (Phi) is 7.82. The van der Waals surface area contributed by atoms with Crippen LogP contribution >= 0.6 is 11.6 Å². The summed E-state index contributed by atoms with van der Waals surface area (Å²) < 4.78 is 0. The van der Waals surface area contributed by atoms with Gasteiger partial charge < -0.3 is 15.5 Å². The fourth-order valence-corrected chi connectivity index (χ4v) is 2.90. The zero-order valence-electron chi connectivity index (χ0n) is 15.9. The first-order chi connectivity index (χ1) is 12.9. The molecule has 0 aliphatic heterocycles. The van der Waals surface area contributed by atoms with Gasteiger partial charge in [-0.1, -0.05) is 54.1 Å². The van der Waals surface area contributed by atoms with E-state index < -0.39 is 6.04 Å². The minimum atomic E-state index is -0.659. The molecule has 0 radical (unpaired) electrons. The number of amides is 2. The third-order valence-corrected chi connectivity index (χ3v) is 4.75. The van der Waals surface area contributed by atoms with Gasteiger partial charge in [-0.15, -0.1) is 0 Å². The van der Waals surface area contributed by atoms with Gasteiger partial charge in [0.2, 0.25) is 5.91 Å². The van der Waals surface area contributed by atoms with Crippen molar-refractivity contribution in [1.29, 1.82) is 0 Å². The molecule has 0 aliphatic rings. The predicted molar refractivity (Wildman–Crippen MR) is 109 cm³/mol. The number of carbonyl (C=O) groups excluding carboxylic acids is 2. The standard InChI is InChI=1S/C21H26ClN3O2/c1-15(24-21(27)18-11-7-8-12-19(18)22)20(26)23-14-17(25(2)3)13-16-9-5-4-6-10-16/h4-12,15,17H,13-14H2,1-3H3,(H,23,26)(H,24,27). The molecule has 0 spiro atoms. The average molecular weight is 388 g/mol. The SMILES string of the molecule is CC(NC(=O)c1ccccc1Cl)C(=O)NCC(Cc1ccccc1)N(C)C. The number of nitrogens with one attached hydrogen (secondary N) is 2. The molecule has 5 nitrogen and oxygen atoms in total. The molecule has 0 saturated carbocycles. The minimum absolute atomic E-state index is 0.155. The van der Waals surface area contributed by atoms with E-state index in [0.717, 1.165) is 6.42 Å². The molecule has 0 aliphatic carbocycles. The van der Waals surface area contributed by atoms with E-state index in [1.807, 2.05) is 32.3 Å². The average Bonchev–Trinajstić information content (AvgIpc) is 2.65. The summed E-state index contributed by atoms with van der Waals surface area (Å²) in [5, 5.41) is 5.98. The summed E-state index contributed by atoms with van der Waals surface area (Å²) in [6.07, 6.45) is 0.828. The molecule has 2 atom stereocenters. The topological polar surface area (TPSA) is 61.4 Å². The maximum atomic E-state index is 12.4. The van der Waals surface area contributed by atoms with Crippen LogP contribution in [0.1, 0.15) is 22.8 Å². The number of likely N-dealkylation sites (N-methyl/N-ethyl adjacent to an activating group) is 1. The smallest absolute Gasteiger partial charge is 0.253 e. The van der Waals surface area contributed by atoms with Crippen molar-refractivity contribution in [3.05, 3.63) is 70.7 Å². The minimum Gasteiger partial charge on any atom is -0.353 e. The van der Waals surface area contributed by atoms with Gasteiger partial charge in [0.05, 0.1) is 10.6 Å². The molecule has 0 bridgehead atoms. The molecule has 2 aromatic carbocycles. The van der Waals surface area contributed by atoms with Crippen molar-refractivity contribution in [3.63, 3.8) is 0 Å². The Bertz CT molecular complexity index is 765. The largest absolute Gasteiger partial charge is 0.353 e. The zero-order valence-corrected chi connectivity index (χ0v) is 16.7. The molecule has 0 fully saturated rings. The summed E-state index contributed by atoms with van der Waals surface area (Å²) >= 11 is 6.03. The third-order valence-electron chi connectivity index (χ3n) is 4.42. The van der Waals surface area contributed by atoms with Gasteiger partial charge >= 0.3 is 0 Å². The van der Waals surface area contributed by atoms with E-state index in [9.17, 15) is 9.59 Å². The van der Waals surface area contributed by atoms with Crippen LogP contribution in [0.4, 0.5) is 0 Å². The van der Waals surface area contributed by atoms with Crippen molar-refractivity contribution in [1.82, 2.24) is 15.5 Å². The van der Waals surface area contributed by atoms with Crippen molar-refractivity contribution in [2.45, 2.75) is 25.4 Å². The van der Waals surface area contributed by atoms with E-state index >= 15 is 0 Å². The van der Waals surface area contributed by atoms with Crippen LogP contribution in [0.3, 0.4) is 0 Å². The summed E-state index contributed by atoms with van der Waals surface area (Å²) in [4.78, 5) is 26.8. The summed E-state index contributed by atoms with van der Waals surface area (Å²) in [6, 6.07) is 16.4. The first-order valence-electron chi connectivity index (χ1n) is 8.92. The van der Waals surface area contributed by atoms with Crippen LogP contribution in [-0.4, -0.2) is 49.4 Å². The first kappa shape index (κ1) is 20.9. The van der Waals surface area contributed by atoms with Crippen LogP contribution in [0.15, 0.2) is 54.6 Å². The molecule has 6 heteroatoms. The number of carbonyl (C=O) groups is 2. The van der Waals surface area contributed by atoms with Gasteiger partial charge in [0.15, 0.2) is 0 Å². The van der Waals surface area contributed by atoms with Gasteiger partial charge in [0.1, 0.15) is 6.04 Å². The Morgan fingerprint density at radius 1 is 1.04 bits per heavy atom. The number of halogens is 1. The van der Waals surface area contributed by atoms with Crippen LogP contribution < -0.4 is 10.6 Å². The fraction of sp³-hybridized carbons (Fsp3) is 0.333. The molecule has 144 valence electrons. The van der Waals surface area contributed by atoms with Gasteiger partial charge in [0.25, 0.3) is 5.91 Å². The van der Waals surface area contributed by atoms with E-state index in [1.54, 1.807) is 31.2 Å². The van der Waals surface area contributed by atoms with Crippen molar-refractivity contribution in [3.8, 4) is 0 Å². The summed E-state index contributed by atoms with van der Waals surface area (Å²) in [5.74, 6) is -0.591. The third kappa shape index (κ3) is 6.38. The highest BCUT2D eigenvalue weighted by Crippen LogP contribution is 2.14. The molecule has 2 rings (SSSR count). The summed E-state index contributed by atoms with van der Waals surface area (Å²) in [6.45, 7) is 2.15. The molecule has 27 heavy (non-hydrogen) atoms. The highest BCUT2D eigenvalue weighted by atomic mass is 35.5. The van der Waals surface area contributed by atoms with E-state index in [2.05, 4.69) is 27.7 Å². The Morgan fingerprint density at radius 2 is 1.67 bits per heavy atom. The lowest BCUT2D eigenvalue weighted by atomic mass is 10.1. The van der Waals surface area contributed by atoms with Crippen LogP contribution in [0.25, 0.3) is 0 Å². The molecular weight excluding hydrogens is 362 g/mol. The Balaban J connectivity index is 1.89. The summed E-state index contributed by atoms with van der Waals surface area (Å²) in [7, 11) is 3.98. The molecular formula is C21H26ClN3O2. The van der Waals surface area contributed by atoms with Crippen molar-refractivity contribution >= 4 is 23.4 Å². The van der Waals surface area contributed by atoms with Crippen molar-refractivity contribution < 1.29 is 9.59 Å². The van der Waals surface area contributed by atoms with Crippen LogP contribution in [0.5, 0.6) is 0 Å². The number of benzene rings is 2. The number of hydrogen-bond acceptors (Lipinski definition) is 3. The Labute approximate surface area is 165 Å². The molecule has 0 saturated heterocycles. The lowest BCUT2D eigenvalue weighted by Gasteiger charge is -2.25. The molecule has 2 aromatic rings. The molecule has 2 amide bonds. The van der Waals surface area contributed by atoms with Gasteiger partial charge in [-0.2, -0.15) is 0 Å². The quantitative estimate of drug-likeness (QED) is 0.732. The maximum absolute atomic E-state index is 12.4. The molecule has 0 aromatic heterocycles. The maximum Gasteiger partial charge on any atom is 0.253 e. The Morgan fingerprint density at radius 3 is 2.30 bits per heavy atom. The zero-order chi connectivity index (χ0) is 19.8. The first-order valence-corrected chi connectivity index (χ1v) is 9.29. The van der Waals surface area contributed by atoms with Gasteiger partial charge in [0, 0.05) is 12.6 Å². The molecule has 2 N–H and O–H groups in total. The lowest BCUT2D eigenvalue weighted by molar-refractivity contribution is -0.122. The van der Waals surface area contributed by atoms with E-state index in [0.29, 0.717) is 17.1 Å². The lowest BCUT2D eigenvalue weighted by Crippen LogP contribution is -2.49. The van der Waals surface area contributed by atoms with Crippen LogP contribution in [0, 0.1) is 0 Å². The second-order valence-electron chi connectivity index (χ2n) is 6.73. The number of hydrogen-bond donors (Lipinski definition) is 2. The van der Waals surface area contributed by atoms with Gasteiger partial charge in [-0.05, 0) is 45.1 Å².